The summed E-state index contributed by atoms with van der Waals surface area (Å²) in [6, 6.07) is 89.2. The van der Waals surface area contributed by atoms with Crippen molar-refractivity contribution in [1.82, 2.24) is 9.13 Å². The van der Waals surface area contributed by atoms with Gasteiger partial charge in [0.1, 0.15) is 11.2 Å². The third-order valence-electron chi connectivity index (χ3n) is 13.5. The van der Waals surface area contributed by atoms with E-state index < -0.39 is 8.07 Å². The van der Waals surface area contributed by atoms with Gasteiger partial charge in [0.15, 0.2) is 8.07 Å². The molecule has 0 aliphatic heterocycles. The Bertz CT molecular complexity index is 3810. The lowest BCUT2D eigenvalue weighted by Gasteiger charge is -2.34. The summed E-state index contributed by atoms with van der Waals surface area (Å²) in [6.07, 6.45) is 0. The summed E-state index contributed by atoms with van der Waals surface area (Å²) in [5, 5.41) is 12.4. The highest BCUT2D eigenvalue weighted by atomic mass is 28.3. The van der Waals surface area contributed by atoms with Crippen LogP contribution in [0.2, 0.25) is 0 Å². The van der Waals surface area contributed by atoms with Crippen LogP contribution in [0.5, 0.6) is 0 Å². The Morgan fingerprint density at radius 3 is 1.42 bits per heavy atom. The lowest BCUT2D eigenvalue weighted by Crippen LogP contribution is -2.74. The molecule has 3 nitrogen and oxygen atoms in total. The van der Waals surface area contributed by atoms with E-state index >= 15 is 0 Å². The van der Waals surface area contributed by atoms with E-state index in [2.05, 4.69) is 252 Å². The van der Waals surface area contributed by atoms with E-state index in [1.54, 1.807) is 0 Å². The molecule has 0 amide bonds. The molecule has 0 radical (unpaired) electrons. The molecule has 0 saturated heterocycles. The van der Waals surface area contributed by atoms with Crippen molar-refractivity contribution in [2.75, 3.05) is 0 Å². The number of nitrogens with zero attached hydrogens (tertiary/aromatic N) is 2. The molecule has 0 fully saturated rings. The molecule has 0 unspecified atom stereocenters. The Morgan fingerprint density at radius 1 is 0.266 bits per heavy atom. The van der Waals surface area contributed by atoms with Gasteiger partial charge in [-0.05, 0) is 98.6 Å². The topological polar surface area (TPSA) is 23.0 Å². The summed E-state index contributed by atoms with van der Waals surface area (Å²) >= 11 is 0. The Labute approximate surface area is 371 Å². The predicted octanol–water partition coefficient (Wildman–Crippen LogP) is 12.8. The van der Waals surface area contributed by atoms with Gasteiger partial charge in [0.2, 0.25) is 0 Å². The monoisotopic (exact) mass is 832 g/mol. The number of benzene rings is 10. The summed E-state index contributed by atoms with van der Waals surface area (Å²) in [4.78, 5) is 0. The third-order valence-corrected chi connectivity index (χ3v) is 18.2. The van der Waals surface area contributed by atoms with Crippen molar-refractivity contribution in [3.05, 3.63) is 243 Å². The molecule has 0 aliphatic rings. The van der Waals surface area contributed by atoms with Crippen molar-refractivity contribution < 1.29 is 4.42 Å². The van der Waals surface area contributed by atoms with Crippen molar-refractivity contribution in [3.63, 3.8) is 0 Å². The summed E-state index contributed by atoms with van der Waals surface area (Å²) in [5.74, 6) is 0. The van der Waals surface area contributed by atoms with Crippen LogP contribution in [0.3, 0.4) is 0 Å². The zero-order valence-corrected chi connectivity index (χ0v) is 35.9. The van der Waals surface area contributed by atoms with Crippen LogP contribution in [0, 0.1) is 0 Å². The van der Waals surface area contributed by atoms with Crippen LogP contribution in [0.15, 0.2) is 247 Å². The molecule has 0 bridgehead atoms. The number of fused-ring (bicyclic) bond motifs is 9. The zero-order chi connectivity index (χ0) is 42.2. The van der Waals surface area contributed by atoms with Crippen LogP contribution in [0.25, 0.3) is 88.1 Å². The average molecular weight is 833 g/mol. The van der Waals surface area contributed by atoms with Gasteiger partial charge in [-0.25, -0.2) is 0 Å². The molecule has 64 heavy (non-hydrogen) atoms. The van der Waals surface area contributed by atoms with Crippen LogP contribution in [-0.2, 0) is 0 Å². The SMILES string of the molecule is c1ccc(-c2ccc3oc4cc([Si](c5ccccc5)(c5ccccc5)c5cccc(-n6c7ccccc7c7cc(-n8c9ccccc9c9ccccc98)ccc76)c5)ccc4c3c2)cc1. The number of hydrogen-bond acceptors (Lipinski definition) is 1. The van der Waals surface area contributed by atoms with Gasteiger partial charge < -0.3 is 13.6 Å². The van der Waals surface area contributed by atoms with Crippen molar-refractivity contribution >= 4 is 94.4 Å². The predicted molar refractivity (Wildman–Crippen MR) is 271 cm³/mol. The van der Waals surface area contributed by atoms with Gasteiger partial charge in [0.05, 0.1) is 22.1 Å². The van der Waals surface area contributed by atoms with E-state index in [9.17, 15) is 0 Å². The molecule has 0 saturated carbocycles. The molecule has 13 aromatic rings. The summed E-state index contributed by atoms with van der Waals surface area (Å²) < 4.78 is 11.6. The summed E-state index contributed by atoms with van der Waals surface area (Å²) in [5.41, 5.74) is 11.2. The largest absolute Gasteiger partial charge is 0.456 e. The molecule has 3 heterocycles. The molecule has 4 heteroatoms. The normalized spacial score (nSPS) is 12.1. The summed E-state index contributed by atoms with van der Waals surface area (Å²) in [7, 11) is -2.98. The maximum Gasteiger partial charge on any atom is 0.179 e. The Kier molecular flexibility index (Phi) is 8.23. The Hall–Kier alpha value is -8.18. The standard InChI is InChI=1S/C60H40N2OSi/c1-4-17-41(18-5-1)42-31-36-59-54(37-42)52-34-33-48(40-60(52)63-59)64(45-20-6-2-7-21-45,46-22-8-3-9-23-46)47-24-16-19-43(38-47)61-57-30-15-12-27-51(57)53-39-44(32-35-58(53)61)62-55-28-13-10-25-49(55)50-26-11-14-29-56(50)62/h1-40H. The third kappa shape index (κ3) is 5.46. The molecule has 0 spiro atoms. The first kappa shape index (κ1) is 36.5. The van der Waals surface area contributed by atoms with Crippen molar-refractivity contribution in [2.24, 2.45) is 0 Å². The van der Waals surface area contributed by atoms with E-state index in [4.69, 9.17) is 4.42 Å². The first-order chi connectivity index (χ1) is 31.7. The number of rotatable bonds is 7. The van der Waals surface area contributed by atoms with Crippen LogP contribution in [0.4, 0.5) is 0 Å². The van der Waals surface area contributed by atoms with Gasteiger partial charge in [-0.3, -0.25) is 0 Å². The molecule has 10 aromatic carbocycles. The zero-order valence-electron chi connectivity index (χ0n) is 34.9. The second kappa shape index (κ2) is 14.5. The molecule has 13 rings (SSSR count). The molecule has 0 N–H and O–H groups in total. The lowest BCUT2D eigenvalue weighted by molar-refractivity contribution is 0.669. The van der Waals surface area contributed by atoms with Crippen LogP contribution < -0.4 is 20.7 Å². The minimum atomic E-state index is -2.98. The number of para-hydroxylation sites is 3. The first-order valence-electron chi connectivity index (χ1n) is 22.0. The lowest BCUT2D eigenvalue weighted by atomic mass is 10.0. The van der Waals surface area contributed by atoms with Crippen molar-refractivity contribution in [3.8, 4) is 22.5 Å². The molecule has 0 atom stereocenters. The van der Waals surface area contributed by atoms with E-state index in [1.165, 1.54) is 75.5 Å². The molecule has 300 valence electrons. The maximum absolute atomic E-state index is 6.77. The fraction of sp³-hybridized carbons (Fsp3) is 0. The fourth-order valence-corrected chi connectivity index (χ4v) is 15.4. The van der Waals surface area contributed by atoms with E-state index in [1.807, 2.05) is 0 Å². The molecular weight excluding hydrogens is 793 g/mol. The van der Waals surface area contributed by atoms with Gasteiger partial charge in [0.25, 0.3) is 0 Å². The molecule has 3 aromatic heterocycles. The fourth-order valence-electron chi connectivity index (χ4n) is 10.7. The van der Waals surface area contributed by atoms with E-state index in [0.717, 1.165) is 33.3 Å². The van der Waals surface area contributed by atoms with Gasteiger partial charge in [-0.1, -0.05) is 176 Å². The molecular formula is C60H40N2OSi. The Balaban J connectivity index is 1.03. The van der Waals surface area contributed by atoms with Gasteiger partial charge in [0, 0.05) is 43.7 Å². The highest BCUT2D eigenvalue weighted by Crippen LogP contribution is 2.37. The highest BCUT2D eigenvalue weighted by molar-refractivity contribution is 7.20. The van der Waals surface area contributed by atoms with Gasteiger partial charge >= 0.3 is 0 Å². The van der Waals surface area contributed by atoms with Crippen molar-refractivity contribution in [2.45, 2.75) is 0 Å². The first-order valence-corrected chi connectivity index (χ1v) is 24.0. The van der Waals surface area contributed by atoms with Crippen LogP contribution in [-0.4, -0.2) is 17.2 Å². The maximum atomic E-state index is 6.77. The average Bonchev–Trinajstić information content (AvgIpc) is 4.02. The van der Waals surface area contributed by atoms with Crippen molar-refractivity contribution in [1.29, 1.82) is 0 Å². The number of furan rings is 1. The second-order valence-electron chi connectivity index (χ2n) is 16.8. The minimum absolute atomic E-state index is 0.896. The Morgan fingerprint density at radius 2 is 0.781 bits per heavy atom. The summed E-state index contributed by atoms with van der Waals surface area (Å²) in [6.45, 7) is 0. The number of hydrogen-bond donors (Lipinski definition) is 0. The molecule has 0 aliphatic carbocycles. The quantitative estimate of drug-likeness (QED) is 0.116. The number of aromatic nitrogens is 2. The minimum Gasteiger partial charge on any atom is -0.456 e. The van der Waals surface area contributed by atoms with E-state index in [0.29, 0.717) is 0 Å². The highest BCUT2D eigenvalue weighted by Gasteiger charge is 2.42. The second-order valence-corrected chi connectivity index (χ2v) is 20.7. The van der Waals surface area contributed by atoms with Crippen LogP contribution in [0.1, 0.15) is 0 Å². The van der Waals surface area contributed by atoms with Gasteiger partial charge in [-0.2, -0.15) is 0 Å². The smallest absolute Gasteiger partial charge is 0.179 e. The van der Waals surface area contributed by atoms with Crippen LogP contribution >= 0.6 is 0 Å². The van der Waals surface area contributed by atoms with E-state index in [-0.39, 0.29) is 0 Å². The van der Waals surface area contributed by atoms with Gasteiger partial charge in [-0.15, -0.1) is 0 Å².